The smallest absolute Gasteiger partial charge is 0.340 e. The van der Waals surface area contributed by atoms with Crippen molar-refractivity contribution < 1.29 is 19.2 Å². The Morgan fingerprint density at radius 3 is 2.48 bits per heavy atom. The fourth-order valence-corrected chi connectivity index (χ4v) is 3.39. The van der Waals surface area contributed by atoms with Crippen molar-refractivity contribution in [1.82, 2.24) is 4.40 Å². The molecule has 2 heterocycles. The van der Waals surface area contributed by atoms with Crippen molar-refractivity contribution in [3.05, 3.63) is 93.8 Å². The highest BCUT2D eigenvalue weighted by molar-refractivity contribution is 6.14. The van der Waals surface area contributed by atoms with Gasteiger partial charge in [0.15, 0.2) is 0 Å². The molecule has 0 saturated carbocycles. The molecule has 0 radical (unpaired) electrons. The normalized spacial score (nSPS) is 10.9. The van der Waals surface area contributed by atoms with E-state index < -0.39 is 10.9 Å². The van der Waals surface area contributed by atoms with Crippen LogP contribution in [0.4, 0.5) is 5.69 Å². The Morgan fingerprint density at radius 2 is 1.79 bits per heavy atom. The molecule has 0 aliphatic heterocycles. The number of pyridine rings is 1. The lowest BCUT2D eigenvalue weighted by molar-refractivity contribution is -0.384. The summed E-state index contributed by atoms with van der Waals surface area (Å²) in [6.45, 7) is 1.93. The first-order chi connectivity index (χ1) is 14.0. The molecule has 0 unspecified atom stereocenters. The number of ether oxygens (including phenoxy) is 1. The molecule has 7 heteroatoms. The van der Waals surface area contributed by atoms with Crippen LogP contribution in [0.2, 0.25) is 0 Å². The van der Waals surface area contributed by atoms with Crippen molar-refractivity contribution in [2.24, 2.45) is 0 Å². The van der Waals surface area contributed by atoms with E-state index in [2.05, 4.69) is 0 Å². The number of nitrogens with zero attached hydrogens (tertiary/aromatic N) is 2. The molecular formula is C22H16N2O5. The van der Waals surface area contributed by atoms with Crippen LogP contribution < -0.4 is 0 Å². The highest BCUT2D eigenvalue weighted by atomic mass is 16.6. The average molecular weight is 388 g/mol. The van der Waals surface area contributed by atoms with Crippen molar-refractivity contribution in [2.75, 3.05) is 6.61 Å². The fraction of sp³-hybridized carbons (Fsp3) is 0.0909. The number of carbonyl (C=O) groups is 2. The number of hydrogen-bond donors (Lipinski definition) is 0. The molecule has 0 fully saturated rings. The van der Waals surface area contributed by atoms with Gasteiger partial charge in [0.05, 0.1) is 28.3 Å². The zero-order valence-corrected chi connectivity index (χ0v) is 15.5. The van der Waals surface area contributed by atoms with E-state index in [1.165, 1.54) is 30.3 Å². The van der Waals surface area contributed by atoms with E-state index in [0.29, 0.717) is 16.6 Å². The zero-order valence-electron chi connectivity index (χ0n) is 15.5. The van der Waals surface area contributed by atoms with Gasteiger partial charge in [0, 0.05) is 29.3 Å². The highest BCUT2D eigenvalue weighted by Gasteiger charge is 2.23. The van der Waals surface area contributed by atoms with Gasteiger partial charge in [-0.05, 0) is 36.6 Å². The topological polar surface area (TPSA) is 90.9 Å². The molecule has 7 nitrogen and oxygen atoms in total. The molecule has 0 spiro atoms. The van der Waals surface area contributed by atoms with Gasteiger partial charge in [-0.2, -0.15) is 0 Å². The molecular weight excluding hydrogens is 372 g/mol. The summed E-state index contributed by atoms with van der Waals surface area (Å²) in [5.41, 5.74) is 1.36. The van der Waals surface area contributed by atoms with Gasteiger partial charge in [-0.15, -0.1) is 0 Å². The van der Waals surface area contributed by atoms with Crippen molar-refractivity contribution >= 4 is 33.7 Å². The van der Waals surface area contributed by atoms with E-state index in [0.717, 1.165) is 10.8 Å². The minimum absolute atomic E-state index is 0.0974. The summed E-state index contributed by atoms with van der Waals surface area (Å²) in [6.07, 6.45) is 1.74. The summed E-state index contributed by atoms with van der Waals surface area (Å²) in [5, 5.41) is 12.6. The standard InChI is InChI=1S/C22H16N2O5/c1-2-29-22(26)18-13-19(21(25)15-7-9-16(10-8-15)24(27)28)23-12-11-14-5-3-4-6-17(14)20(18)23/h3-13H,2H2,1H3. The van der Waals surface area contributed by atoms with Crippen molar-refractivity contribution in [3.8, 4) is 0 Å². The second-order valence-electron chi connectivity index (χ2n) is 6.42. The number of esters is 1. The first kappa shape index (κ1) is 18.4. The molecule has 29 heavy (non-hydrogen) atoms. The number of ketones is 1. The minimum Gasteiger partial charge on any atom is -0.462 e. The monoisotopic (exact) mass is 388 g/mol. The quantitative estimate of drug-likeness (QED) is 0.219. The lowest BCUT2D eigenvalue weighted by atomic mass is 10.1. The number of benzene rings is 2. The molecule has 0 atom stereocenters. The van der Waals surface area contributed by atoms with Gasteiger partial charge in [-0.1, -0.05) is 24.3 Å². The maximum absolute atomic E-state index is 13.1. The largest absolute Gasteiger partial charge is 0.462 e. The Bertz CT molecular complexity index is 1270. The van der Waals surface area contributed by atoms with Crippen LogP contribution in [0.15, 0.2) is 66.9 Å². The molecule has 0 aliphatic carbocycles. The van der Waals surface area contributed by atoms with Crippen LogP contribution in [0.3, 0.4) is 0 Å². The Morgan fingerprint density at radius 1 is 1.07 bits per heavy atom. The van der Waals surface area contributed by atoms with E-state index in [-0.39, 0.29) is 23.8 Å². The first-order valence-electron chi connectivity index (χ1n) is 9.00. The van der Waals surface area contributed by atoms with Gasteiger partial charge in [-0.3, -0.25) is 14.9 Å². The number of fused-ring (bicyclic) bond motifs is 3. The van der Waals surface area contributed by atoms with Gasteiger partial charge in [-0.25, -0.2) is 4.79 Å². The summed E-state index contributed by atoms with van der Waals surface area (Å²) in [4.78, 5) is 36.0. The number of carbonyl (C=O) groups excluding carboxylic acids is 2. The van der Waals surface area contributed by atoms with Gasteiger partial charge in [0.2, 0.25) is 5.78 Å². The number of hydrogen-bond acceptors (Lipinski definition) is 5. The molecule has 2 aromatic heterocycles. The van der Waals surface area contributed by atoms with E-state index >= 15 is 0 Å². The third-order valence-electron chi connectivity index (χ3n) is 4.72. The summed E-state index contributed by atoms with van der Waals surface area (Å²) >= 11 is 0. The highest BCUT2D eigenvalue weighted by Crippen LogP contribution is 2.28. The maximum atomic E-state index is 13.1. The van der Waals surface area contributed by atoms with Crippen molar-refractivity contribution in [1.29, 1.82) is 0 Å². The summed E-state index contributed by atoms with van der Waals surface area (Å²) in [7, 11) is 0. The molecule has 0 bridgehead atoms. The molecule has 0 aliphatic rings. The molecule has 0 amide bonds. The van der Waals surface area contributed by atoms with Gasteiger partial charge in [0.1, 0.15) is 0 Å². The van der Waals surface area contributed by atoms with E-state index in [1.54, 1.807) is 17.5 Å². The second-order valence-corrected chi connectivity index (χ2v) is 6.42. The summed E-state index contributed by atoms with van der Waals surface area (Å²) < 4.78 is 6.85. The van der Waals surface area contributed by atoms with Gasteiger partial charge < -0.3 is 9.14 Å². The van der Waals surface area contributed by atoms with Crippen molar-refractivity contribution in [3.63, 3.8) is 0 Å². The Kier molecular flexibility index (Phi) is 4.56. The molecule has 0 saturated heterocycles. The Balaban J connectivity index is 1.92. The lowest BCUT2D eigenvalue weighted by Gasteiger charge is -2.06. The number of non-ortho nitro benzene ring substituents is 1. The maximum Gasteiger partial charge on any atom is 0.340 e. The number of rotatable bonds is 5. The number of aromatic nitrogens is 1. The zero-order chi connectivity index (χ0) is 20.5. The Hall–Kier alpha value is -4.00. The summed E-state index contributed by atoms with van der Waals surface area (Å²) in [5.74, 6) is -0.857. The average Bonchev–Trinajstić information content (AvgIpc) is 3.14. The van der Waals surface area contributed by atoms with Crippen molar-refractivity contribution in [2.45, 2.75) is 6.92 Å². The third-order valence-corrected chi connectivity index (χ3v) is 4.72. The predicted octanol–water partition coefficient (Wildman–Crippen LogP) is 4.41. The Labute approximate surface area is 165 Å². The van der Waals surface area contributed by atoms with Crippen LogP contribution in [-0.4, -0.2) is 27.7 Å². The van der Waals surface area contributed by atoms with Crippen LogP contribution in [-0.2, 0) is 4.74 Å². The summed E-state index contributed by atoms with van der Waals surface area (Å²) in [6, 6.07) is 16.3. The SMILES string of the molecule is CCOC(=O)c1cc(C(=O)c2ccc([N+](=O)[O-])cc2)n2ccc3ccccc3c12. The van der Waals surface area contributed by atoms with Crippen LogP contribution in [0.25, 0.3) is 16.3 Å². The molecule has 4 aromatic rings. The minimum atomic E-state index is -0.522. The molecule has 144 valence electrons. The van der Waals surface area contributed by atoms with E-state index in [1.807, 2.05) is 30.3 Å². The van der Waals surface area contributed by atoms with Crippen LogP contribution in [0.5, 0.6) is 0 Å². The van der Waals surface area contributed by atoms with Gasteiger partial charge in [0.25, 0.3) is 5.69 Å². The molecule has 4 rings (SSSR count). The molecule has 2 aromatic carbocycles. The van der Waals surface area contributed by atoms with Gasteiger partial charge >= 0.3 is 5.97 Å². The van der Waals surface area contributed by atoms with Crippen LogP contribution in [0.1, 0.15) is 33.3 Å². The number of nitro benzene ring substituents is 1. The predicted molar refractivity (Wildman–Crippen MR) is 107 cm³/mol. The fourth-order valence-electron chi connectivity index (χ4n) is 3.39. The third kappa shape index (κ3) is 3.12. The van der Waals surface area contributed by atoms with Crippen LogP contribution in [0, 0.1) is 10.1 Å². The van der Waals surface area contributed by atoms with E-state index in [4.69, 9.17) is 4.74 Å². The lowest BCUT2D eigenvalue weighted by Crippen LogP contribution is -2.05. The second kappa shape index (κ2) is 7.20. The first-order valence-corrected chi connectivity index (χ1v) is 9.00. The van der Waals surface area contributed by atoms with Crippen LogP contribution >= 0.6 is 0 Å². The number of nitro groups is 1. The van der Waals surface area contributed by atoms with E-state index in [9.17, 15) is 19.7 Å². The molecule has 0 N–H and O–H groups in total.